The van der Waals surface area contributed by atoms with E-state index in [1.54, 1.807) is 30.3 Å². The zero-order valence-electron chi connectivity index (χ0n) is 9.35. The Morgan fingerprint density at radius 1 is 1.17 bits per heavy atom. The van der Waals surface area contributed by atoms with Crippen molar-refractivity contribution in [2.75, 3.05) is 11.1 Å². The van der Waals surface area contributed by atoms with E-state index in [-0.39, 0.29) is 5.69 Å². The predicted octanol–water partition coefficient (Wildman–Crippen LogP) is 2.16. The minimum atomic E-state index is -0.603. The first-order valence-electron chi connectivity index (χ1n) is 5.15. The average Bonchev–Trinajstić information content (AvgIpc) is 2.34. The van der Waals surface area contributed by atoms with Crippen molar-refractivity contribution in [3.8, 4) is 0 Å². The van der Waals surface area contributed by atoms with Gasteiger partial charge in [-0.25, -0.2) is 4.98 Å². The highest BCUT2D eigenvalue weighted by Gasteiger charge is 2.07. The Labute approximate surface area is 109 Å². The third-order valence-corrected chi connectivity index (χ3v) is 2.54. The number of nitrogens with one attached hydrogen (secondary N) is 1. The van der Waals surface area contributed by atoms with Crippen molar-refractivity contribution in [2.45, 2.75) is 0 Å². The molecule has 2 aromatic rings. The van der Waals surface area contributed by atoms with Crippen molar-refractivity contribution < 1.29 is 4.79 Å². The number of halogens is 1. The number of anilines is 3. The second kappa shape index (κ2) is 4.93. The molecule has 5 nitrogen and oxygen atoms in total. The monoisotopic (exact) mass is 262 g/mol. The number of nitrogens with zero attached hydrogens (tertiary/aromatic N) is 1. The minimum absolute atomic E-state index is 0.153. The summed E-state index contributed by atoms with van der Waals surface area (Å²) in [5.41, 5.74) is 12.3. The second-order valence-corrected chi connectivity index (χ2v) is 4.07. The summed E-state index contributed by atoms with van der Waals surface area (Å²) < 4.78 is 0. The molecule has 0 saturated carbocycles. The lowest BCUT2D eigenvalue weighted by Gasteiger charge is -2.09. The number of carbonyl (C=O) groups is 1. The summed E-state index contributed by atoms with van der Waals surface area (Å²) >= 11 is 5.78. The summed E-state index contributed by atoms with van der Waals surface area (Å²) in [5.74, 6) is -0.220. The van der Waals surface area contributed by atoms with Crippen LogP contribution in [0.25, 0.3) is 0 Å². The van der Waals surface area contributed by atoms with Crippen LogP contribution in [0, 0.1) is 0 Å². The third-order valence-electron chi connectivity index (χ3n) is 2.29. The molecule has 5 N–H and O–H groups in total. The molecule has 0 fully saturated rings. The number of nitrogen functional groups attached to an aromatic ring is 1. The molecule has 6 heteroatoms. The molecular formula is C12H11ClN4O. The number of primary amides is 1. The first-order chi connectivity index (χ1) is 8.56. The van der Waals surface area contributed by atoms with Crippen molar-refractivity contribution >= 4 is 34.7 Å². The maximum absolute atomic E-state index is 11.0. The van der Waals surface area contributed by atoms with Crippen LogP contribution in [0.3, 0.4) is 0 Å². The zero-order chi connectivity index (χ0) is 13.1. The number of amides is 1. The van der Waals surface area contributed by atoms with Gasteiger partial charge in [-0.1, -0.05) is 11.6 Å². The van der Waals surface area contributed by atoms with Gasteiger partial charge in [0.2, 0.25) is 0 Å². The van der Waals surface area contributed by atoms with E-state index in [1.165, 1.54) is 6.07 Å². The van der Waals surface area contributed by atoms with Gasteiger partial charge in [0.05, 0.1) is 5.69 Å². The van der Waals surface area contributed by atoms with Gasteiger partial charge >= 0.3 is 0 Å². The number of carbonyl (C=O) groups excluding carboxylic acids is 1. The molecule has 0 spiro atoms. The lowest BCUT2D eigenvalue weighted by molar-refractivity contribution is 0.0996. The van der Waals surface area contributed by atoms with Crippen LogP contribution < -0.4 is 16.8 Å². The van der Waals surface area contributed by atoms with Gasteiger partial charge in [0, 0.05) is 10.7 Å². The van der Waals surface area contributed by atoms with Gasteiger partial charge in [0.15, 0.2) is 5.82 Å². The summed E-state index contributed by atoms with van der Waals surface area (Å²) in [4.78, 5) is 15.1. The molecule has 1 aromatic heterocycles. The standard InChI is InChI=1S/C12H11ClN4O/c13-7-1-3-8(4-2-7)16-12-9(14)5-6-10(17-12)11(15)18/h1-6H,14H2,(H2,15,18)(H,16,17). The highest BCUT2D eigenvalue weighted by molar-refractivity contribution is 6.30. The number of hydrogen-bond donors (Lipinski definition) is 3. The molecule has 0 saturated heterocycles. The van der Waals surface area contributed by atoms with Crippen molar-refractivity contribution in [1.82, 2.24) is 4.98 Å². The Hall–Kier alpha value is -2.27. The second-order valence-electron chi connectivity index (χ2n) is 3.63. The maximum Gasteiger partial charge on any atom is 0.267 e. The summed E-state index contributed by atoms with van der Waals surface area (Å²) in [6, 6.07) is 10.1. The number of hydrogen-bond acceptors (Lipinski definition) is 4. The summed E-state index contributed by atoms with van der Waals surface area (Å²) in [7, 11) is 0. The topological polar surface area (TPSA) is 94.0 Å². The highest BCUT2D eigenvalue weighted by atomic mass is 35.5. The van der Waals surface area contributed by atoms with E-state index in [9.17, 15) is 4.79 Å². The van der Waals surface area contributed by atoms with Crippen LogP contribution in [0.15, 0.2) is 36.4 Å². The molecule has 92 valence electrons. The van der Waals surface area contributed by atoms with Crippen LogP contribution in [0.4, 0.5) is 17.2 Å². The Bertz CT molecular complexity index is 583. The van der Waals surface area contributed by atoms with E-state index in [0.29, 0.717) is 16.5 Å². The zero-order valence-corrected chi connectivity index (χ0v) is 10.1. The molecule has 0 bridgehead atoms. The first kappa shape index (κ1) is 12.2. The third kappa shape index (κ3) is 2.70. The molecule has 0 aliphatic carbocycles. The fourth-order valence-electron chi connectivity index (χ4n) is 1.38. The Morgan fingerprint density at radius 2 is 1.83 bits per heavy atom. The van der Waals surface area contributed by atoms with E-state index >= 15 is 0 Å². The molecule has 2 rings (SSSR count). The Balaban J connectivity index is 2.30. The van der Waals surface area contributed by atoms with E-state index in [0.717, 1.165) is 5.69 Å². The van der Waals surface area contributed by atoms with Gasteiger partial charge in [0.25, 0.3) is 5.91 Å². The van der Waals surface area contributed by atoms with Crippen molar-refractivity contribution in [2.24, 2.45) is 5.73 Å². The van der Waals surface area contributed by atoms with Crippen LogP contribution in [0.2, 0.25) is 5.02 Å². The van der Waals surface area contributed by atoms with Crippen molar-refractivity contribution in [3.05, 3.63) is 47.1 Å². The maximum atomic E-state index is 11.0. The van der Waals surface area contributed by atoms with Crippen molar-refractivity contribution in [1.29, 1.82) is 0 Å². The molecule has 1 amide bonds. The average molecular weight is 263 g/mol. The van der Waals surface area contributed by atoms with Crippen LogP contribution in [0.1, 0.15) is 10.5 Å². The summed E-state index contributed by atoms with van der Waals surface area (Å²) in [5, 5.41) is 3.62. The number of pyridine rings is 1. The van der Waals surface area contributed by atoms with Gasteiger partial charge in [0.1, 0.15) is 5.69 Å². The molecule has 0 radical (unpaired) electrons. The molecule has 1 heterocycles. The molecule has 0 atom stereocenters. The van der Waals surface area contributed by atoms with Gasteiger partial charge in [-0.2, -0.15) is 0 Å². The van der Waals surface area contributed by atoms with Crippen LogP contribution in [0.5, 0.6) is 0 Å². The van der Waals surface area contributed by atoms with Crippen LogP contribution in [-0.4, -0.2) is 10.9 Å². The fraction of sp³-hybridized carbons (Fsp3) is 0. The number of rotatable bonds is 3. The summed E-state index contributed by atoms with van der Waals surface area (Å²) in [6.45, 7) is 0. The van der Waals surface area contributed by atoms with Gasteiger partial charge in [-0.05, 0) is 36.4 Å². The van der Waals surface area contributed by atoms with Crippen LogP contribution in [-0.2, 0) is 0 Å². The lowest BCUT2D eigenvalue weighted by atomic mass is 10.3. The Morgan fingerprint density at radius 3 is 2.44 bits per heavy atom. The smallest absolute Gasteiger partial charge is 0.267 e. The van der Waals surface area contributed by atoms with Gasteiger partial charge in [-0.15, -0.1) is 0 Å². The highest BCUT2D eigenvalue weighted by Crippen LogP contribution is 2.22. The lowest BCUT2D eigenvalue weighted by Crippen LogP contribution is -2.14. The largest absolute Gasteiger partial charge is 0.396 e. The normalized spacial score (nSPS) is 10.1. The summed E-state index contributed by atoms with van der Waals surface area (Å²) in [6.07, 6.45) is 0. The van der Waals surface area contributed by atoms with Gasteiger partial charge < -0.3 is 16.8 Å². The van der Waals surface area contributed by atoms with E-state index in [2.05, 4.69) is 10.3 Å². The molecule has 0 aliphatic heterocycles. The first-order valence-corrected chi connectivity index (χ1v) is 5.53. The fourth-order valence-corrected chi connectivity index (χ4v) is 1.50. The molecular weight excluding hydrogens is 252 g/mol. The predicted molar refractivity (Wildman–Crippen MR) is 71.9 cm³/mol. The van der Waals surface area contributed by atoms with Gasteiger partial charge in [-0.3, -0.25) is 4.79 Å². The van der Waals surface area contributed by atoms with E-state index in [1.807, 2.05) is 0 Å². The Kier molecular flexibility index (Phi) is 3.34. The molecule has 18 heavy (non-hydrogen) atoms. The van der Waals surface area contributed by atoms with E-state index in [4.69, 9.17) is 23.1 Å². The SMILES string of the molecule is NC(=O)c1ccc(N)c(Nc2ccc(Cl)cc2)n1. The number of nitrogens with two attached hydrogens (primary N) is 2. The molecule has 0 unspecified atom stereocenters. The number of aromatic nitrogens is 1. The quantitative estimate of drug-likeness (QED) is 0.790. The van der Waals surface area contributed by atoms with Crippen LogP contribution >= 0.6 is 11.6 Å². The molecule has 1 aromatic carbocycles. The number of benzene rings is 1. The van der Waals surface area contributed by atoms with Crippen molar-refractivity contribution in [3.63, 3.8) is 0 Å². The minimum Gasteiger partial charge on any atom is -0.396 e. The van der Waals surface area contributed by atoms with E-state index < -0.39 is 5.91 Å². The molecule has 0 aliphatic rings.